The Balaban J connectivity index is 1.69. The Morgan fingerprint density at radius 2 is 2.09 bits per heavy atom. The number of rotatable bonds is 4. The van der Waals surface area contributed by atoms with E-state index in [0.29, 0.717) is 12.3 Å². The fourth-order valence-corrected chi connectivity index (χ4v) is 3.76. The van der Waals surface area contributed by atoms with Gasteiger partial charge in [0.25, 0.3) is 0 Å². The smallest absolute Gasteiger partial charge is 0.209 e. The topological polar surface area (TPSA) is 105 Å². The molecular weight excluding hydrogens is 302 g/mol. The average Bonchev–Trinajstić information content (AvgIpc) is 2.87. The molecule has 3 rings (SSSR count). The first-order valence-electron chi connectivity index (χ1n) is 7.48. The predicted octanol–water partition coefficient (Wildman–Crippen LogP) is 1.16. The molecule has 2 aromatic heterocycles. The van der Waals surface area contributed by atoms with Gasteiger partial charge in [0.2, 0.25) is 10.0 Å². The van der Waals surface area contributed by atoms with Gasteiger partial charge in [0.05, 0.1) is 11.1 Å². The van der Waals surface area contributed by atoms with Crippen LogP contribution in [0.5, 0.6) is 0 Å². The SMILES string of the molecule is Cc1c[nH]c2ncnc(N3CCC(CCS(N)(=O)=O)CC3)c12. The minimum Gasteiger partial charge on any atom is -0.356 e. The van der Waals surface area contributed by atoms with Gasteiger partial charge in [-0.25, -0.2) is 23.5 Å². The van der Waals surface area contributed by atoms with Gasteiger partial charge in [0.15, 0.2) is 0 Å². The molecule has 2 aromatic rings. The third-order valence-electron chi connectivity index (χ3n) is 4.37. The van der Waals surface area contributed by atoms with Crippen molar-refractivity contribution in [2.75, 3.05) is 23.7 Å². The molecule has 8 heteroatoms. The number of nitrogens with zero attached hydrogens (tertiary/aromatic N) is 3. The molecule has 22 heavy (non-hydrogen) atoms. The first kappa shape index (κ1) is 15.2. The van der Waals surface area contributed by atoms with Crippen LogP contribution < -0.4 is 10.0 Å². The van der Waals surface area contributed by atoms with Gasteiger partial charge in [-0.2, -0.15) is 0 Å². The second-order valence-electron chi connectivity index (χ2n) is 5.98. The molecule has 1 fully saturated rings. The number of nitrogens with two attached hydrogens (primary N) is 1. The van der Waals surface area contributed by atoms with E-state index in [1.54, 1.807) is 6.33 Å². The standard InChI is InChI=1S/C14H21N5O2S/c1-10-8-16-13-12(10)14(18-9-17-13)19-5-2-11(3-6-19)4-7-22(15,20)21/h8-9,11H,2-7H2,1H3,(H2,15,20,21)(H,16,17,18). The molecule has 0 saturated carbocycles. The van der Waals surface area contributed by atoms with Crippen LogP contribution in [-0.4, -0.2) is 42.2 Å². The molecule has 120 valence electrons. The van der Waals surface area contributed by atoms with E-state index in [9.17, 15) is 8.42 Å². The van der Waals surface area contributed by atoms with E-state index in [-0.39, 0.29) is 5.75 Å². The Bertz CT molecular complexity index is 763. The van der Waals surface area contributed by atoms with E-state index >= 15 is 0 Å². The van der Waals surface area contributed by atoms with Crippen LogP contribution in [0.1, 0.15) is 24.8 Å². The van der Waals surface area contributed by atoms with Crippen LogP contribution in [0.15, 0.2) is 12.5 Å². The van der Waals surface area contributed by atoms with Gasteiger partial charge in [-0.1, -0.05) is 0 Å². The molecule has 0 unspecified atom stereocenters. The highest BCUT2D eigenvalue weighted by Gasteiger charge is 2.23. The highest BCUT2D eigenvalue weighted by molar-refractivity contribution is 7.89. The summed E-state index contributed by atoms with van der Waals surface area (Å²) in [5, 5.41) is 6.15. The van der Waals surface area contributed by atoms with Gasteiger partial charge in [0.1, 0.15) is 17.8 Å². The summed E-state index contributed by atoms with van der Waals surface area (Å²) in [6, 6.07) is 0. The number of sulfonamides is 1. The first-order chi connectivity index (χ1) is 10.4. The van der Waals surface area contributed by atoms with Gasteiger partial charge in [-0.3, -0.25) is 0 Å². The summed E-state index contributed by atoms with van der Waals surface area (Å²) >= 11 is 0. The lowest BCUT2D eigenvalue weighted by atomic mass is 9.94. The van der Waals surface area contributed by atoms with Crippen LogP contribution in [0.3, 0.4) is 0 Å². The molecule has 0 atom stereocenters. The molecule has 0 spiro atoms. The number of primary sulfonamides is 1. The van der Waals surface area contributed by atoms with Gasteiger partial charge >= 0.3 is 0 Å². The van der Waals surface area contributed by atoms with Gasteiger partial charge in [-0.15, -0.1) is 0 Å². The molecule has 0 aliphatic carbocycles. The molecule has 7 nitrogen and oxygen atoms in total. The number of fused-ring (bicyclic) bond motifs is 1. The van der Waals surface area contributed by atoms with Crippen LogP contribution in [-0.2, 0) is 10.0 Å². The zero-order valence-electron chi connectivity index (χ0n) is 12.6. The van der Waals surface area contributed by atoms with Crippen LogP contribution in [0.2, 0.25) is 0 Å². The van der Waals surface area contributed by atoms with Crippen molar-refractivity contribution in [3.05, 3.63) is 18.1 Å². The summed E-state index contributed by atoms with van der Waals surface area (Å²) < 4.78 is 22.1. The minimum atomic E-state index is -3.35. The van der Waals surface area contributed by atoms with Gasteiger partial charge in [0, 0.05) is 19.3 Å². The third kappa shape index (κ3) is 3.22. The molecule has 0 radical (unpaired) electrons. The average molecular weight is 323 g/mol. The molecular formula is C14H21N5O2S. The molecule has 0 amide bonds. The summed E-state index contributed by atoms with van der Waals surface area (Å²) in [6.07, 6.45) is 6.10. The lowest BCUT2D eigenvalue weighted by Crippen LogP contribution is -2.35. The predicted molar refractivity (Wildman–Crippen MR) is 86.2 cm³/mol. The fraction of sp³-hybridized carbons (Fsp3) is 0.571. The van der Waals surface area contributed by atoms with E-state index < -0.39 is 10.0 Å². The van der Waals surface area contributed by atoms with Crippen LogP contribution in [0.25, 0.3) is 11.0 Å². The van der Waals surface area contributed by atoms with Crippen LogP contribution >= 0.6 is 0 Å². The Labute approximate surface area is 130 Å². The molecule has 3 N–H and O–H groups in total. The number of hydrogen-bond acceptors (Lipinski definition) is 5. The third-order valence-corrected chi connectivity index (χ3v) is 5.18. The molecule has 1 aliphatic rings. The fourth-order valence-electron chi connectivity index (χ4n) is 3.10. The molecule has 0 aromatic carbocycles. The van der Waals surface area contributed by atoms with E-state index in [0.717, 1.165) is 48.3 Å². The molecule has 3 heterocycles. The highest BCUT2D eigenvalue weighted by Crippen LogP contribution is 2.30. The maximum atomic E-state index is 11.1. The van der Waals surface area contributed by atoms with Crippen molar-refractivity contribution < 1.29 is 8.42 Å². The summed E-state index contributed by atoms with van der Waals surface area (Å²) in [7, 11) is -3.35. The monoisotopic (exact) mass is 323 g/mol. The zero-order chi connectivity index (χ0) is 15.7. The second kappa shape index (κ2) is 5.85. The van der Waals surface area contributed by atoms with Crippen molar-refractivity contribution in [1.29, 1.82) is 0 Å². The number of aromatic amines is 1. The molecule has 1 aliphatic heterocycles. The van der Waals surface area contributed by atoms with Crippen LogP contribution in [0, 0.1) is 12.8 Å². The van der Waals surface area contributed by atoms with E-state index in [2.05, 4.69) is 19.9 Å². The summed E-state index contributed by atoms with van der Waals surface area (Å²) in [5.41, 5.74) is 2.00. The number of piperidine rings is 1. The summed E-state index contributed by atoms with van der Waals surface area (Å²) in [5.74, 6) is 1.46. The normalized spacial score (nSPS) is 17.3. The Hall–Kier alpha value is -1.67. The van der Waals surface area contributed by atoms with Crippen LogP contribution in [0.4, 0.5) is 5.82 Å². The minimum absolute atomic E-state index is 0.0757. The van der Waals surface area contributed by atoms with E-state index in [4.69, 9.17) is 5.14 Å². The van der Waals surface area contributed by atoms with Crippen molar-refractivity contribution in [1.82, 2.24) is 15.0 Å². The quantitative estimate of drug-likeness (QED) is 0.878. The van der Waals surface area contributed by atoms with Gasteiger partial charge in [-0.05, 0) is 37.7 Å². The van der Waals surface area contributed by atoms with Crippen molar-refractivity contribution >= 4 is 26.9 Å². The zero-order valence-corrected chi connectivity index (χ0v) is 13.4. The van der Waals surface area contributed by atoms with Crippen molar-refractivity contribution in [2.45, 2.75) is 26.2 Å². The number of hydrogen-bond donors (Lipinski definition) is 2. The largest absolute Gasteiger partial charge is 0.356 e. The number of aryl methyl sites for hydroxylation is 1. The van der Waals surface area contributed by atoms with E-state index in [1.165, 1.54) is 0 Å². The summed E-state index contributed by atoms with van der Waals surface area (Å²) in [4.78, 5) is 14.1. The Morgan fingerprint density at radius 3 is 2.77 bits per heavy atom. The number of nitrogens with one attached hydrogen (secondary N) is 1. The van der Waals surface area contributed by atoms with Crippen molar-refractivity contribution in [2.24, 2.45) is 11.1 Å². The lowest BCUT2D eigenvalue weighted by molar-refractivity contribution is 0.394. The maximum Gasteiger partial charge on any atom is 0.209 e. The number of anilines is 1. The number of H-pyrrole nitrogens is 1. The van der Waals surface area contributed by atoms with Crippen molar-refractivity contribution in [3.8, 4) is 0 Å². The first-order valence-corrected chi connectivity index (χ1v) is 9.19. The summed E-state index contributed by atoms with van der Waals surface area (Å²) in [6.45, 7) is 3.81. The maximum absolute atomic E-state index is 11.1. The Kier molecular flexibility index (Phi) is 4.05. The van der Waals surface area contributed by atoms with Crippen molar-refractivity contribution in [3.63, 3.8) is 0 Å². The number of aromatic nitrogens is 3. The second-order valence-corrected chi connectivity index (χ2v) is 7.71. The highest BCUT2D eigenvalue weighted by atomic mass is 32.2. The molecule has 0 bridgehead atoms. The van der Waals surface area contributed by atoms with E-state index in [1.807, 2.05) is 13.1 Å². The Morgan fingerprint density at radius 1 is 1.36 bits per heavy atom. The van der Waals surface area contributed by atoms with Gasteiger partial charge < -0.3 is 9.88 Å². The lowest BCUT2D eigenvalue weighted by Gasteiger charge is -2.33. The molecule has 1 saturated heterocycles.